The van der Waals surface area contributed by atoms with Crippen LogP contribution in [0.15, 0.2) is 18.2 Å². The van der Waals surface area contributed by atoms with Crippen LogP contribution in [0.1, 0.15) is 73.8 Å². The van der Waals surface area contributed by atoms with E-state index in [2.05, 4.69) is 0 Å². The van der Waals surface area contributed by atoms with Crippen molar-refractivity contribution < 1.29 is 42.9 Å². The van der Waals surface area contributed by atoms with Gasteiger partial charge in [-0.3, -0.25) is 14.4 Å². The number of hydrogen-bond donors (Lipinski definition) is 1. The van der Waals surface area contributed by atoms with Gasteiger partial charge in [-0.15, -0.1) is 0 Å². The summed E-state index contributed by atoms with van der Waals surface area (Å²) in [6.45, 7) is 14.1. The lowest BCUT2D eigenvalue weighted by Crippen LogP contribution is -2.39. The molecule has 10 nitrogen and oxygen atoms in total. The molecule has 0 heterocycles. The van der Waals surface area contributed by atoms with Gasteiger partial charge in [0.2, 0.25) is 0 Å². The molecule has 0 fully saturated rings. The van der Waals surface area contributed by atoms with Gasteiger partial charge in [0.05, 0.1) is 6.10 Å². The summed E-state index contributed by atoms with van der Waals surface area (Å²) in [6, 6.07) is 3.59. The Hall–Kier alpha value is -3.14. The molecule has 1 unspecified atom stereocenters. The normalized spacial score (nSPS) is 13.6. The van der Waals surface area contributed by atoms with Crippen LogP contribution < -0.4 is 15.2 Å². The van der Waals surface area contributed by atoms with Crippen molar-refractivity contribution in [3.8, 4) is 11.5 Å². The molecular formula is C27H41NO9. The summed E-state index contributed by atoms with van der Waals surface area (Å²) >= 11 is 0. The lowest BCUT2D eigenvalue weighted by Gasteiger charge is -2.22. The van der Waals surface area contributed by atoms with Gasteiger partial charge in [-0.05, 0) is 63.6 Å². The molecule has 0 saturated carbocycles. The summed E-state index contributed by atoms with van der Waals surface area (Å²) in [5.41, 5.74) is 6.62. The highest BCUT2D eigenvalue weighted by Gasteiger charge is 2.25. The van der Waals surface area contributed by atoms with Gasteiger partial charge in [-0.2, -0.15) is 0 Å². The molecule has 0 aromatic heterocycles. The Balaban J connectivity index is 2.91. The van der Waals surface area contributed by atoms with E-state index in [9.17, 15) is 19.2 Å². The number of carbonyl (C=O) groups is 4. The predicted molar refractivity (Wildman–Crippen MR) is 136 cm³/mol. The van der Waals surface area contributed by atoms with Gasteiger partial charge in [0.15, 0.2) is 11.5 Å². The molecule has 0 saturated heterocycles. The van der Waals surface area contributed by atoms with Crippen LogP contribution in [-0.2, 0) is 35.0 Å². The number of benzene rings is 1. The first-order valence-electron chi connectivity index (χ1n) is 12.6. The van der Waals surface area contributed by atoms with E-state index in [1.165, 1.54) is 12.1 Å². The number of carbonyl (C=O) groups excluding carboxylic acids is 4. The summed E-state index contributed by atoms with van der Waals surface area (Å²) in [5.74, 6) is -1.28. The fourth-order valence-electron chi connectivity index (χ4n) is 3.01. The lowest BCUT2D eigenvalue weighted by molar-refractivity contribution is -0.155. The SMILES string of the molecule is CC(C)CC(=O)Oc1ccc(C[C@H](N)C(=O)O[C@@H](C)C(C)OC(=O)OC(C)C)cc1OC(=O)CC(C)C. The molecule has 1 aromatic carbocycles. The molecule has 37 heavy (non-hydrogen) atoms. The summed E-state index contributed by atoms with van der Waals surface area (Å²) in [6.07, 6.45) is -2.28. The minimum Gasteiger partial charge on any atom is -0.458 e. The summed E-state index contributed by atoms with van der Waals surface area (Å²) < 4.78 is 26.3. The zero-order valence-electron chi connectivity index (χ0n) is 23.1. The van der Waals surface area contributed by atoms with Crippen LogP contribution in [0.2, 0.25) is 0 Å². The molecule has 0 bridgehead atoms. The maximum absolute atomic E-state index is 12.6. The van der Waals surface area contributed by atoms with Gasteiger partial charge >= 0.3 is 24.1 Å². The van der Waals surface area contributed by atoms with Gasteiger partial charge in [0.25, 0.3) is 0 Å². The molecule has 1 aromatic rings. The van der Waals surface area contributed by atoms with Crippen LogP contribution in [0.4, 0.5) is 4.79 Å². The second-order valence-corrected chi connectivity index (χ2v) is 10.1. The Morgan fingerprint density at radius 3 is 1.76 bits per heavy atom. The third kappa shape index (κ3) is 12.6. The minimum atomic E-state index is -1.05. The molecule has 3 atom stereocenters. The number of esters is 3. The topological polar surface area (TPSA) is 140 Å². The quantitative estimate of drug-likeness (QED) is 0.293. The highest BCUT2D eigenvalue weighted by Crippen LogP contribution is 2.30. The second kappa shape index (κ2) is 15.2. The van der Waals surface area contributed by atoms with Crippen LogP contribution in [0.25, 0.3) is 0 Å². The monoisotopic (exact) mass is 523 g/mol. The van der Waals surface area contributed by atoms with Crippen LogP contribution in [-0.4, -0.2) is 48.4 Å². The number of rotatable bonds is 13. The van der Waals surface area contributed by atoms with E-state index in [1.54, 1.807) is 33.8 Å². The van der Waals surface area contributed by atoms with Gasteiger partial charge in [0, 0.05) is 12.8 Å². The fourth-order valence-corrected chi connectivity index (χ4v) is 3.01. The summed E-state index contributed by atoms with van der Waals surface area (Å²) in [4.78, 5) is 48.7. The summed E-state index contributed by atoms with van der Waals surface area (Å²) in [7, 11) is 0. The van der Waals surface area contributed by atoms with Gasteiger partial charge in [-0.1, -0.05) is 33.8 Å². The molecule has 208 valence electrons. The van der Waals surface area contributed by atoms with E-state index < -0.39 is 42.3 Å². The molecule has 0 spiro atoms. The molecule has 0 aliphatic rings. The Labute approximate surface area is 219 Å². The highest BCUT2D eigenvalue weighted by atomic mass is 16.7. The maximum Gasteiger partial charge on any atom is 0.508 e. The van der Waals surface area contributed by atoms with E-state index in [0.29, 0.717) is 5.56 Å². The first-order chi connectivity index (χ1) is 17.2. The molecule has 0 aliphatic carbocycles. The predicted octanol–water partition coefficient (Wildman–Crippen LogP) is 4.34. The van der Waals surface area contributed by atoms with Crippen LogP contribution in [0, 0.1) is 11.8 Å². The second-order valence-electron chi connectivity index (χ2n) is 10.1. The first-order valence-corrected chi connectivity index (χ1v) is 12.6. The van der Waals surface area contributed by atoms with E-state index >= 15 is 0 Å². The smallest absolute Gasteiger partial charge is 0.458 e. The highest BCUT2D eigenvalue weighted by molar-refractivity contribution is 5.77. The van der Waals surface area contributed by atoms with E-state index in [1.807, 2.05) is 27.7 Å². The molecule has 2 N–H and O–H groups in total. The van der Waals surface area contributed by atoms with Crippen molar-refractivity contribution in [2.45, 2.75) is 99.0 Å². The van der Waals surface area contributed by atoms with Gasteiger partial charge in [-0.25, -0.2) is 4.79 Å². The van der Waals surface area contributed by atoms with Gasteiger partial charge in [0.1, 0.15) is 18.2 Å². The Morgan fingerprint density at radius 2 is 1.24 bits per heavy atom. The largest absolute Gasteiger partial charge is 0.508 e. The van der Waals surface area contributed by atoms with Crippen molar-refractivity contribution in [3.63, 3.8) is 0 Å². The molecule has 0 radical (unpaired) electrons. The van der Waals surface area contributed by atoms with Crippen molar-refractivity contribution in [3.05, 3.63) is 23.8 Å². The Kier molecular flexibility index (Phi) is 13.1. The van der Waals surface area contributed by atoms with Crippen molar-refractivity contribution >= 4 is 24.1 Å². The fraction of sp³-hybridized carbons (Fsp3) is 0.630. The average molecular weight is 524 g/mol. The zero-order valence-corrected chi connectivity index (χ0v) is 23.1. The van der Waals surface area contributed by atoms with Crippen LogP contribution >= 0.6 is 0 Å². The van der Waals surface area contributed by atoms with Crippen molar-refractivity contribution in [2.24, 2.45) is 17.6 Å². The third-order valence-corrected chi connectivity index (χ3v) is 4.94. The number of nitrogens with two attached hydrogens (primary N) is 1. The standard InChI is InChI=1S/C27H41NO9/c1-15(2)11-24(29)36-22-10-9-20(14-23(22)37-25(30)12-16(3)4)13-21(28)26(31)34-18(7)19(8)35-27(32)33-17(5)6/h9-10,14-19,21H,11-13,28H2,1-8H3/t18-,19?,21-/m0/s1. The van der Waals surface area contributed by atoms with Crippen molar-refractivity contribution in [1.82, 2.24) is 0 Å². The first kappa shape index (κ1) is 31.9. The number of ether oxygens (including phenoxy) is 5. The van der Waals surface area contributed by atoms with Crippen molar-refractivity contribution in [1.29, 1.82) is 0 Å². The van der Waals surface area contributed by atoms with E-state index in [-0.39, 0.29) is 48.7 Å². The minimum absolute atomic E-state index is 0.0606. The average Bonchev–Trinajstić information content (AvgIpc) is 2.73. The van der Waals surface area contributed by atoms with Crippen LogP contribution in [0.5, 0.6) is 11.5 Å². The molecule has 0 aliphatic heterocycles. The molecule has 1 rings (SSSR count). The molecule has 10 heteroatoms. The third-order valence-electron chi connectivity index (χ3n) is 4.94. The Bertz CT molecular complexity index is 926. The summed E-state index contributed by atoms with van der Waals surface area (Å²) in [5, 5.41) is 0. The van der Waals surface area contributed by atoms with Crippen LogP contribution in [0.3, 0.4) is 0 Å². The lowest BCUT2D eigenvalue weighted by atomic mass is 10.1. The van der Waals surface area contributed by atoms with E-state index in [4.69, 9.17) is 29.4 Å². The Morgan fingerprint density at radius 1 is 0.730 bits per heavy atom. The van der Waals surface area contributed by atoms with E-state index in [0.717, 1.165) is 0 Å². The molecule has 0 amide bonds. The zero-order chi connectivity index (χ0) is 28.3. The van der Waals surface area contributed by atoms with Gasteiger partial charge < -0.3 is 29.4 Å². The maximum atomic E-state index is 12.6. The van der Waals surface area contributed by atoms with Crippen molar-refractivity contribution in [2.75, 3.05) is 0 Å². The number of hydrogen-bond acceptors (Lipinski definition) is 10. The molecular weight excluding hydrogens is 482 g/mol.